The Morgan fingerprint density at radius 1 is 1.38 bits per heavy atom. The summed E-state index contributed by atoms with van der Waals surface area (Å²) < 4.78 is 2.20. The number of nitrogens with zero attached hydrogens (tertiary/aromatic N) is 3. The van der Waals surface area contributed by atoms with E-state index in [1.165, 1.54) is 4.57 Å². The summed E-state index contributed by atoms with van der Waals surface area (Å²) in [6.45, 7) is 7.64. The summed E-state index contributed by atoms with van der Waals surface area (Å²) in [5.41, 5.74) is -1.88. The number of hydrogen-bond donors (Lipinski definition) is 1. The van der Waals surface area contributed by atoms with E-state index in [0.29, 0.717) is 19.5 Å². The van der Waals surface area contributed by atoms with Crippen LogP contribution in [0.4, 0.5) is 5.69 Å². The van der Waals surface area contributed by atoms with Crippen LogP contribution in [0, 0.1) is 16.0 Å². The van der Waals surface area contributed by atoms with E-state index in [-0.39, 0.29) is 12.5 Å². The molecule has 21 heavy (non-hydrogen) atoms. The van der Waals surface area contributed by atoms with Crippen molar-refractivity contribution in [2.45, 2.75) is 40.3 Å². The van der Waals surface area contributed by atoms with Gasteiger partial charge in [0, 0.05) is 13.1 Å². The van der Waals surface area contributed by atoms with Crippen molar-refractivity contribution in [3.05, 3.63) is 37.1 Å². The van der Waals surface area contributed by atoms with E-state index in [9.17, 15) is 19.7 Å². The van der Waals surface area contributed by atoms with Gasteiger partial charge >= 0.3 is 16.9 Å². The zero-order valence-corrected chi connectivity index (χ0v) is 12.7. The summed E-state index contributed by atoms with van der Waals surface area (Å²) in [4.78, 5) is 34.6. The first-order valence-corrected chi connectivity index (χ1v) is 7.11. The van der Waals surface area contributed by atoms with Crippen molar-refractivity contribution >= 4 is 5.69 Å². The molecule has 8 heteroatoms. The van der Waals surface area contributed by atoms with Gasteiger partial charge in [-0.05, 0) is 25.4 Å². The lowest BCUT2D eigenvalue weighted by Crippen LogP contribution is -2.42. The Hall–Kier alpha value is -1.96. The molecule has 0 bridgehead atoms. The van der Waals surface area contributed by atoms with Crippen LogP contribution in [0.15, 0.2) is 15.8 Å². The molecule has 0 radical (unpaired) electrons. The van der Waals surface area contributed by atoms with E-state index in [1.54, 1.807) is 0 Å². The van der Waals surface area contributed by atoms with Crippen LogP contribution in [0.25, 0.3) is 0 Å². The third-order valence-electron chi connectivity index (χ3n) is 3.12. The SMILES string of the molecule is CCCn1cc([N+](=O)[O-])c(=O)n(CC(C)CNCC)c1=O. The summed E-state index contributed by atoms with van der Waals surface area (Å²) in [5, 5.41) is 14.1. The van der Waals surface area contributed by atoms with E-state index < -0.39 is 21.9 Å². The fourth-order valence-corrected chi connectivity index (χ4v) is 2.09. The van der Waals surface area contributed by atoms with Crippen LogP contribution >= 0.6 is 0 Å². The molecule has 0 saturated carbocycles. The Bertz CT molecular complexity index is 605. The van der Waals surface area contributed by atoms with Crippen molar-refractivity contribution in [2.24, 2.45) is 5.92 Å². The molecule has 0 fully saturated rings. The maximum atomic E-state index is 12.2. The smallest absolute Gasteiger partial charge is 0.317 e. The Kier molecular flexibility index (Phi) is 6.29. The predicted molar refractivity (Wildman–Crippen MR) is 79.6 cm³/mol. The number of nitro groups is 1. The number of hydrogen-bond acceptors (Lipinski definition) is 5. The van der Waals surface area contributed by atoms with Crippen LogP contribution in [0.2, 0.25) is 0 Å². The van der Waals surface area contributed by atoms with Crippen LogP contribution < -0.4 is 16.6 Å². The molecule has 1 heterocycles. The molecule has 118 valence electrons. The second-order valence-electron chi connectivity index (χ2n) is 5.08. The molecule has 8 nitrogen and oxygen atoms in total. The predicted octanol–water partition coefficient (Wildman–Crippen LogP) is 0.574. The average Bonchev–Trinajstić information content (AvgIpc) is 2.44. The molecule has 1 N–H and O–H groups in total. The van der Waals surface area contributed by atoms with E-state index in [4.69, 9.17) is 0 Å². The Morgan fingerprint density at radius 2 is 2.05 bits per heavy atom. The minimum Gasteiger partial charge on any atom is -0.317 e. The minimum absolute atomic E-state index is 0.0208. The monoisotopic (exact) mass is 298 g/mol. The van der Waals surface area contributed by atoms with E-state index in [1.807, 2.05) is 20.8 Å². The van der Waals surface area contributed by atoms with Gasteiger partial charge in [0.05, 0.1) is 11.1 Å². The normalized spacial score (nSPS) is 12.3. The molecular formula is C13H22N4O4. The van der Waals surface area contributed by atoms with Gasteiger partial charge in [-0.3, -0.25) is 24.0 Å². The van der Waals surface area contributed by atoms with Gasteiger partial charge in [-0.1, -0.05) is 20.8 Å². The highest BCUT2D eigenvalue weighted by molar-refractivity contribution is 5.21. The number of nitrogens with one attached hydrogen (secondary N) is 1. The first-order valence-electron chi connectivity index (χ1n) is 7.11. The lowest BCUT2D eigenvalue weighted by Gasteiger charge is -2.14. The lowest BCUT2D eigenvalue weighted by atomic mass is 10.2. The van der Waals surface area contributed by atoms with Crippen molar-refractivity contribution in [1.82, 2.24) is 14.5 Å². The van der Waals surface area contributed by atoms with Gasteiger partial charge in [0.25, 0.3) is 0 Å². The zero-order chi connectivity index (χ0) is 16.0. The van der Waals surface area contributed by atoms with Gasteiger partial charge in [0.1, 0.15) is 0 Å². The summed E-state index contributed by atoms with van der Waals surface area (Å²) in [5.74, 6) is 0.0208. The molecular weight excluding hydrogens is 276 g/mol. The highest BCUT2D eigenvalue weighted by Crippen LogP contribution is 2.03. The Labute approximate surface area is 122 Å². The third-order valence-corrected chi connectivity index (χ3v) is 3.12. The molecule has 1 aromatic heterocycles. The number of rotatable bonds is 8. The fourth-order valence-electron chi connectivity index (χ4n) is 2.09. The van der Waals surface area contributed by atoms with Crippen LogP contribution in [-0.2, 0) is 13.1 Å². The molecule has 0 aromatic carbocycles. The third kappa shape index (κ3) is 4.25. The van der Waals surface area contributed by atoms with Gasteiger partial charge in [-0.15, -0.1) is 0 Å². The van der Waals surface area contributed by atoms with Crippen molar-refractivity contribution in [3.8, 4) is 0 Å². The topological polar surface area (TPSA) is 99.2 Å². The first-order chi connectivity index (χ1) is 9.92. The van der Waals surface area contributed by atoms with Crippen LogP contribution in [0.5, 0.6) is 0 Å². The highest BCUT2D eigenvalue weighted by Gasteiger charge is 2.20. The first kappa shape index (κ1) is 17.1. The van der Waals surface area contributed by atoms with Crippen LogP contribution in [0.1, 0.15) is 27.2 Å². The van der Waals surface area contributed by atoms with Crippen molar-refractivity contribution in [3.63, 3.8) is 0 Å². The van der Waals surface area contributed by atoms with Gasteiger partial charge in [0.2, 0.25) is 0 Å². The molecule has 0 spiro atoms. The van der Waals surface area contributed by atoms with Crippen molar-refractivity contribution in [1.29, 1.82) is 0 Å². The summed E-state index contributed by atoms with van der Waals surface area (Å²) in [6.07, 6.45) is 1.70. The molecule has 0 amide bonds. The molecule has 0 aliphatic rings. The summed E-state index contributed by atoms with van der Waals surface area (Å²) in [7, 11) is 0. The largest absolute Gasteiger partial charge is 0.350 e. The van der Waals surface area contributed by atoms with Gasteiger partial charge in [-0.2, -0.15) is 0 Å². The number of aromatic nitrogens is 2. The zero-order valence-electron chi connectivity index (χ0n) is 12.7. The minimum atomic E-state index is -0.833. The van der Waals surface area contributed by atoms with Gasteiger partial charge in [0.15, 0.2) is 0 Å². The molecule has 0 aliphatic carbocycles. The van der Waals surface area contributed by atoms with E-state index in [2.05, 4.69) is 5.32 Å². The second-order valence-corrected chi connectivity index (χ2v) is 5.08. The van der Waals surface area contributed by atoms with Crippen LogP contribution in [0.3, 0.4) is 0 Å². The molecule has 1 aromatic rings. The van der Waals surface area contributed by atoms with Crippen LogP contribution in [-0.4, -0.2) is 27.1 Å². The second kappa shape index (κ2) is 7.72. The summed E-state index contributed by atoms with van der Waals surface area (Å²) >= 11 is 0. The molecule has 1 atom stereocenters. The van der Waals surface area contributed by atoms with Gasteiger partial charge in [-0.25, -0.2) is 4.79 Å². The Balaban J connectivity index is 3.25. The van der Waals surface area contributed by atoms with E-state index >= 15 is 0 Å². The van der Waals surface area contributed by atoms with Crippen molar-refractivity contribution in [2.75, 3.05) is 13.1 Å². The maximum Gasteiger partial charge on any atom is 0.350 e. The lowest BCUT2D eigenvalue weighted by molar-refractivity contribution is -0.387. The summed E-state index contributed by atoms with van der Waals surface area (Å²) in [6, 6.07) is 0. The maximum absolute atomic E-state index is 12.2. The Morgan fingerprint density at radius 3 is 2.57 bits per heavy atom. The van der Waals surface area contributed by atoms with E-state index in [0.717, 1.165) is 17.3 Å². The highest BCUT2D eigenvalue weighted by atomic mass is 16.6. The fraction of sp³-hybridized carbons (Fsp3) is 0.692. The molecule has 1 rings (SSSR count). The quantitative estimate of drug-likeness (QED) is 0.559. The number of aryl methyl sites for hydroxylation is 1. The standard InChI is InChI=1S/C13H22N4O4/c1-4-6-15-9-11(17(20)21)12(18)16(13(15)19)8-10(3)7-14-5-2/h9-10,14H,4-8H2,1-3H3. The average molecular weight is 298 g/mol. The molecule has 0 aliphatic heterocycles. The van der Waals surface area contributed by atoms with Gasteiger partial charge < -0.3 is 5.32 Å². The molecule has 0 saturated heterocycles. The molecule has 1 unspecified atom stereocenters. The van der Waals surface area contributed by atoms with Crippen molar-refractivity contribution < 1.29 is 4.92 Å².